The Balaban J connectivity index is 2.42. The van der Waals surface area contributed by atoms with Crippen LogP contribution in [0.1, 0.15) is 6.92 Å². The Morgan fingerprint density at radius 3 is 2.42 bits per heavy atom. The van der Waals surface area contributed by atoms with Crippen molar-refractivity contribution in [2.45, 2.75) is 6.92 Å². The van der Waals surface area contributed by atoms with Gasteiger partial charge >= 0.3 is 0 Å². The molecule has 19 heavy (non-hydrogen) atoms. The van der Waals surface area contributed by atoms with E-state index in [1.165, 1.54) is 7.11 Å². The highest BCUT2D eigenvalue weighted by Gasteiger charge is 2.10. The molecule has 0 atom stereocenters. The fraction of sp³-hybridized carbons (Fsp3) is 0.200. The van der Waals surface area contributed by atoms with E-state index in [1.54, 1.807) is 6.07 Å². The molecule has 2 aromatic rings. The van der Waals surface area contributed by atoms with Crippen LogP contribution in [-0.2, 0) is 0 Å². The highest BCUT2D eigenvalue weighted by atomic mass is 16.5. The van der Waals surface area contributed by atoms with E-state index in [1.807, 2.05) is 42.5 Å². The molecular weight excluding hydrogens is 240 g/mol. The molecule has 0 radical (unpaired) electrons. The van der Waals surface area contributed by atoms with Gasteiger partial charge < -0.3 is 9.64 Å². The molecule has 0 aliphatic heterocycles. The van der Waals surface area contributed by atoms with E-state index in [-0.39, 0.29) is 0 Å². The number of anilines is 2. The molecule has 0 aromatic heterocycles. The number of nitroso groups, excluding NO2 is 1. The first-order valence-corrected chi connectivity index (χ1v) is 6.14. The maximum atomic E-state index is 10.7. The summed E-state index contributed by atoms with van der Waals surface area (Å²) in [4.78, 5) is 12.8. The van der Waals surface area contributed by atoms with E-state index in [2.05, 4.69) is 17.0 Å². The van der Waals surface area contributed by atoms with Crippen LogP contribution in [0.25, 0.3) is 0 Å². The SMILES string of the molecule is CCN(c1ccccc1)c1ccc(N=O)c(OC)c1. The van der Waals surface area contributed by atoms with Gasteiger partial charge in [-0.05, 0) is 36.4 Å². The zero-order valence-corrected chi connectivity index (χ0v) is 11.0. The topological polar surface area (TPSA) is 41.9 Å². The number of methoxy groups -OCH3 is 1. The molecule has 4 nitrogen and oxygen atoms in total. The van der Waals surface area contributed by atoms with Crippen molar-refractivity contribution in [2.24, 2.45) is 5.18 Å². The standard InChI is InChI=1S/C15H16N2O2/c1-3-17(12-7-5-4-6-8-12)13-9-10-14(16-18)15(11-13)19-2/h4-11H,3H2,1-2H3. The lowest BCUT2D eigenvalue weighted by molar-refractivity contribution is 0.416. The maximum Gasteiger partial charge on any atom is 0.150 e. The predicted octanol–water partition coefficient (Wildman–Crippen LogP) is 4.25. The lowest BCUT2D eigenvalue weighted by atomic mass is 10.2. The van der Waals surface area contributed by atoms with Gasteiger partial charge in [0, 0.05) is 24.0 Å². The molecule has 0 heterocycles. The van der Waals surface area contributed by atoms with Crippen molar-refractivity contribution in [1.82, 2.24) is 0 Å². The molecule has 0 amide bonds. The number of nitrogens with zero attached hydrogens (tertiary/aromatic N) is 2. The fourth-order valence-electron chi connectivity index (χ4n) is 2.03. The lowest BCUT2D eigenvalue weighted by Gasteiger charge is -2.23. The van der Waals surface area contributed by atoms with Gasteiger partial charge in [-0.15, -0.1) is 4.91 Å². The van der Waals surface area contributed by atoms with Gasteiger partial charge in [-0.3, -0.25) is 0 Å². The first-order valence-electron chi connectivity index (χ1n) is 6.14. The molecule has 0 aliphatic rings. The number of hydrogen-bond donors (Lipinski definition) is 0. The summed E-state index contributed by atoms with van der Waals surface area (Å²) in [5.41, 5.74) is 2.38. The Bertz CT molecular complexity index is 555. The Labute approximate surface area is 112 Å². The summed E-state index contributed by atoms with van der Waals surface area (Å²) < 4.78 is 5.19. The fourth-order valence-corrected chi connectivity index (χ4v) is 2.03. The molecular formula is C15H16N2O2. The second-order valence-electron chi connectivity index (χ2n) is 4.03. The van der Waals surface area contributed by atoms with Crippen molar-refractivity contribution in [3.63, 3.8) is 0 Å². The monoisotopic (exact) mass is 256 g/mol. The van der Waals surface area contributed by atoms with Crippen LogP contribution in [0.2, 0.25) is 0 Å². The summed E-state index contributed by atoms with van der Waals surface area (Å²) in [6.07, 6.45) is 0. The molecule has 0 fully saturated rings. The Morgan fingerprint density at radius 2 is 1.84 bits per heavy atom. The quantitative estimate of drug-likeness (QED) is 0.751. The van der Waals surface area contributed by atoms with E-state index in [0.717, 1.165) is 17.9 Å². The average Bonchev–Trinajstić information content (AvgIpc) is 2.49. The van der Waals surface area contributed by atoms with Gasteiger partial charge in [0.25, 0.3) is 0 Å². The molecule has 0 bridgehead atoms. The van der Waals surface area contributed by atoms with Gasteiger partial charge in [0.05, 0.1) is 7.11 Å². The number of ether oxygens (including phenoxy) is 1. The molecule has 2 rings (SSSR count). The Kier molecular flexibility index (Phi) is 4.13. The van der Waals surface area contributed by atoms with Crippen molar-refractivity contribution < 1.29 is 4.74 Å². The molecule has 2 aromatic carbocycles. The van der Waals surface area contributed by atoms with Crippen molar-refractivity contribution in [2.75, 3.05) is 18.6 Å². The normalized spacial score (nSPS) is 10.0. The number of rotatable bonds is 5. The third-order valence-corrected chi connectivity index (χ3v) is 2.96. The van der Waals surface area contributed by atoms with Crippen LogP contribution in [0.15, 0.2) is 53.7 Å². The number of para-hydroxylation sites is 1. The van der Waals surface area contributed by atoms with Gasteiger partial charge in [-0.25, -0.2) is 0 Å². The van der Waals surface area contributed by atoms with E-state index in [9.17, 15) is 4.91 Å². The van der Waals surface area contributed by atoms with E-state index < -0.39 is 0 Å². The lowest BCUT2D eigenvalue weighted by Crippen LogP contribution is -2.15. The van der Waals surface area contributed by atoms with Crippen molar-refractivity contribution in [3.8, 4) is 5.75 Å². The molecule has 0 unspecified atom stereocenters. The molecule has 0 aliphatic carbocycles. The van der Waals surface area contributed by atoms with Crippen molar-refractivity contribution in [1.29, 1.82) is 0 Å². The highest BCUT2D eigenvalue weighted by molar-refractivity contribution is 5.68. The van der Waals surface area contributed by atoms with Crippen LogP contribution < -0.4 is 9.64 Å². The van der Waals surface area contributed by atoms with Crippen molar-refractivity contribution >= 4 is 17.1 Å². The average molecular weight is 256 g/mol. The predicted molar refractivity (Wildman–Crippen MR) is 77.6 cm³/mol. The van der Waals surface area contributed by atoms with Crippen LogP contribution in [0.4, 0.5) is 17.1 Å². The third-order valence-electron chi connectivity index (χ3n) is 2.96. The van der Waals surface area contributed by atoms with Gasteiger partial charge in [-0.1, -0.05) is 18.2 Å². The summed E-state index contributed by atoms with van der Waals surface area (Å²) in [6.45, 7) is 2.90. The minimum absolute atomic E-state index is 0.315. The molecule has 0 saturated heterocycles. The highest BCUT2D eigenvalue weighted by Crippen LogP contribution is 2.34. The summed E-state index contributed by atoms with van der Waals surface area (Å²) in [5, 5.41) is 2.95. The zero-order valence-electron chi connectivity index (χ0n) is 11.0. The van der Waals surface area contributed by atoms with Gasteiger partial charge in [0.15, 0.2) is 0 Å². The minimum atomic E-state index is 0.315. The summed E-state index contributed by atoms with van der Waals surface area (Å²) in [7, 11) is 1.53. The second kappa shape index (κ2) is 6.00. The largest absolute Gasteiger partial charge is 0.494 e. The molecule has 4 heteroatoms. The van der Waals surface area contributed by atoms with Gasteiger partial charge in [0.2, 0.25) is 0 Å². The number of benzene rings is 2. The second-order valence-corrected chi connectivity index (χ2v) is 4.03. The Hall–Kier alpha value is -2.36. The van der Waals surface area contributed by atoms with Crippen LogP contribution in [0, 0.1) is 4.91 Å². The Morgan fingerprint density at radius 1 is 1.11 bits per heavy atom. The summed E-state index contributed by atoms with van der Waals surface area (Å²) >= 11 is 0. The van der Waals surface area contributed by atoms with Gasteiger partial charge in [-0.2, -0.15) is 0 Å². The minimum Gasteiger partial charge on any atom is -0.494 e. The summed E-state index contributed by atoms with van der Waals surface area (Å²) in [5.74, 6) is 0.488. The van der Waals surface area contributed by atoms with Crippen LogP contribution in [0.3, 0.4) is 0 Å². The molecule has 98 valence electrons. The molecule has 0 spiro atoms. The molecule has 0 saturated carbocycles. The smallest absolute Gasteiger partial charge is 0.150 e. The number of hydrogen-bond acceptors (Lipinski definition) is 4. The van der Waals surface area contributed by atoms with E-state index >= 15 is 0 Å². The van der Waals surface area contributed by atoms with Crippen LogP contribution in [0.5, 0.6) is 5.75 Å². The third kappa shape index (κ3) is 2.73. The van der Waals surface area contributed by atoms with Crippen LogP contribution >= 0.6 is 0 Å². The maximum absolute atomic E-state index is 10.7. The first-order chi connectivity index (χ1) is 9.30. The van der Waals surface area contributed by atoms with E-state index in [4.69, 9.17) is 4.74 Å². The zero-order chi connectivity index (χ0) is 13.7. The van der Waals surface area contributed by atoms with Crippen LogP contribution in [-0.4, -0.2) is 13.7 Å². The summed E-state index contributed by atoms with van der Waals surface area (Å²) in [6, 6.07) is 15.4. The first kappa shape index (κ1) is 13.1. The van der Waals surface area contributed by atoms with Crippen molar-refractivity contribution in [3.05, 3.63) is 53.4 Å². The van der Waals surface area contributed by atoms with E-state index in [0.29, 0.717) is 11.4 Å². The molecule has 0 N–H and O–H groups in total. The van der Waals surface area contributed by atoms with Gasteiger partial charge in [0.1, 0.15) is 11.4 Å².